The number of H-pyrrole nitrogens is 1. The Morgan fingerprint density at radius 3 is 2.88 bits per heavy atom. The van der Waals surface area contributed by atoms with Crippen LogP contribution in [0.1, 0.15) is 18.4 Å². The van der Waals surface area contributed by atoms with E-state index in [2.05, 4.69) is 25.2 Å². The second-order valence-corrected chi connectivity index (χ2v) is 8.06. The Balaban J connectivity index is 1.63. The molecule has 0 fully saturated rings. The minimum Gasteiger partial charge on any atom is -0.493 e. The summed E-state index contributed by atoms with van der Waals surface area (Å²) in [5.41, 5.74) is 3.33. The van der Waals surface area contributed by atoms with Crippen molar-refractivity contribution in [2.24, 2.45) is 0 Å². The Morgan fingerprint density at radius 1 is 1.18 bits per heavy atom. The largest absolute Gasteiger partial charge is 0.493 e. The van der Waals surface area contributed by atoms with Gasteiger partial charge in [0.15, 0.2) is 0 Å². The zero-order chi connectivity index (χ0) is 23.2. The van der Waals surface area contributed by atoms with E-state index in [-0.39, 0.29) is 0 Å². The highest BCUT2D eigenvalue weighted by Crippen LogP contribution is 2.31. The maximum Gasteiger partial charge on any atom is 0.328 e. The predicted molar refractivity (Wildman–Crippen MR) is 131 cm³/mol. The lowest BCUT2D eigenvalue weighted by Crippen LogP contribution is -2.13. The van der Waals surface area contributed by atoms with Gasteiger partial charge in [-0.15, -0.1) is 0 Å². The molecule has 0 bridgehead atoms. The zero-order valence-electron chi connectivity index (χ0n) is 18.7. The van der Waals surface area contributed by atoms with Crippen molar-refractivity contribution in [1.29, 1.82) is 0 Å². The van der Waals surface area contributed by atoms with Gasteiger partial charge in [-0.05, 0) is 69.9 Å². The van der Waals surface area contributed by atoms with E-state index in [9.17, 15) is 4.79 Å². The van der Waals surface area contributed by atoms with Crippen molar-refractivity contribution in [2.45, 2.75) is 12.8 Å². The number of carboxylic acids is 1. The number of nitrogens with one attached hydrogen (secondary N) is 2. The van der Waals surface area contributed by atoms with E-state index in [0.29, 0.717) is 29.3 Å². The van der Waals surface area contributed by atoms with E-state index in [4.69, 9.17) is 9.84 Å². The van der Waals surface area contributed by atoms with Gasteiger partial charge in [0.25, 0.3) is 0 Å². The van der Waals surface area contributed by atoms with Crippen LogP contribution < -0.4 is 10.1 Å². The van der Waals surface area contributed by atoms with E-state index >= 15 is 0 Å². The molecule has 0 spiro atoms. The molecule has 0 aliphatic heterocycles. The molecule has 2 heterocycles. The maximum absolute atomic E-state index is 11.1. The predicted octanol–water partition coefficient (Wildman–Crippen LogP) is 4.67. The van der Waals surface area contributed by atoms with Crippen molar-refractivity contribution >= 4 is 45.4 Å². The smallest absolute Gasteiger partial charge is 0.328 e. The summed E-state index contributed by atoms with van der Waals surface area (Å²) in [5.74, 6) is 0.218. The molecule has 2 aromatic heterocycles. The Labute approximate surface area is 191 Å². The molecule has 4 aromatic rings. The van der Waals surface area contributed by atoms with Crippen LogP contribution >= 0.6 is 0 Å². The third-order valence-corrected chi connectivity index (χ3v) is 5.25. The summed E-state index contributed by atoms with van der Waals surface area (Å²) < 4.78 is 6.01. The summed E-state index contributed by atoms with van der Waals surface area (Å²) in [7, 11) is 4.08. The molecule has 0 aliphatic carbocycles. The van der Waals surface area contributed by atoms with E-state index in [0.717, 1.165) is 47.4 Å². The number of hydrogen-bond acceptors (Lipinski definition) is 6. The second kappa shape index (κ2) is 10.1. The molecule has 0 saturated carbocycles. The molecule has 8 nitrogen and oxygen atoms in total. The lowest BCUT2D eigenvalue weighted by atomic mass is 10.1. The van der Waals surface area contributed by atoms with Gasteiger partial charge >= 0.3 is 5.97 Å². The molecule has 0 aliphatic rings. The van der Waals surface area contributed by atoms with Crippen LogP contribution in [0.2, 0.25) is 0 Å². The van der Waals surface area contributed by atoms with Gasteiger partial charge in [0.2, 0.25) is 0 Å². The third kappa shape index (κ3) is 5.67. The van der Waals surface area contributed by atoms with E-state index in [1.807, 2.05) is 56.7 Å². The highest BCUT2D eigenvalue weighted by molar-refractivity contribution is 5.95. The number of ether oxygens (including phenoxy) is 1. The average Bonchev–Trinajstić information content (AvgIpc) is 3.25. The van der Waals surface area contributed by atoms with Crippen LogP contribution in [0.5, 0.6) is 5.75 Å². The molecule has 0 amide bonds. The van der Waals surface area contributed by atoms with Gasteiger partial charge in [-0.3, -0.25) is 0 Å². The summed E-state index contributed by atoms with van der Waals surface area (Å²) >= 11 is 0. The van der Waals surface area contributed by atoms with Crippen molar-refractivity contribution in [3.8, 4) is 5.75 Å². The van der Waals surface area contributed by atoms with Gasteiger partial charge in [0.05, 0.1) is 12.1 Å². The summed E-state index contributed by atoms with van der Waals surface area (Å²) in [6, 6.07) is 11.7. The zero-order valence-corrected chi connectivity index (χ0v) is 18.7. The molecule has 0 radical (unpaired) electrons. The Hall–Kier alpha value is -3.91. The van der Waals surface area contributed by atoms with Crippen LogP contribution in [0, 0.1) is 0 Å². The van der Waals surface area contributed by atoms with E-state index < -0.39 is 5.97 Å². The minimum absolute atomic E-state index is 0.542. The number of aromatic amines is 1. The lowest BCUT2D eigenvalue weighted by molar-refractivity contribution is -0.131. The van der Waals surface area contributed by atoms with Gasteiger partial charge in [-0.2, -0.15) is 0 Å². The van der Waals surface area contributed by atoms with Gasteiger partial charge in [-0.25, -0.2) is 14.8 Å². The minimum atomic E-state index is -1.02. The number of aliphatic carboxylic acids is 1. The fourth-order valence-corrected chi connectivity index (χ4v) is 3.60. The number of rotatable bonds is 10. The summed E-state index contributed by atoms with van der Waals surface area (Å²) in [4.78, 5) is 25.3. The van der Waals surface area contributed by atoms with E-state index in [1.165, 1.54) is 6.33 Å². The summed E-state index contributed by atoms with van der Waals surface area (Å²) in [6.07, 6.45) is 7.97. The molecule has 0 unspecified atom stereocenters. The van der Waals surface area contributed by atoms with Gasteiger partial charge in [-0.1, -0.05) is 0 Å². The molecular formula is C25H27N5O3. The van der Waals surface area contributed by atoms with Gasteiger partial charge < -0.3 is 25.0 Å². The quantitative estimate of drug-likeness (QED) is 0.241. The Morgan fingerprint density at radius 2 is 2.06 bits per heavy atom. The normalized spacial score (nSPS) is 11.6. The highest BCUT2D eigenvalue weighted by Gasteiger charge is 2.11. The molecule has 33 heavy (non-hydrogen) atoms. The topological polar surface area (TPSA) is 103 Å². The fraction of sp³-hybridized carbons (Fsp3) is 0.240. The van der Waals surface area contributed by atoms with Crippen LogP contribution in [0.3, 0.4) is 0 Å². The number of fused-ring (bicyclic) bond motifs is 2. The van der Waals surface area contributed by atoms with Crippen molar-refractivity contribution in [2.75, 3.05) is 32.6 Å². The highest BCUT2D eigenvalue weighted by atomic mass is 16.5. The Kier molecular flexibility index (Phi) is 6.85. The molecule has 8 heteroatoms. The molecule has 2 aromatic carbocycles. The summed E-state index contributed by atoms with van der Waals surface area (Å²) in [5, 5.41) is 14.3. The van der Waals surface area contributed by atoms with Gasteiger partial charge in [0, 0.05) is 45.9 Å². The Bertz CT molecular complexity index is 1300. The van der Waals surface area contributed by atoms with Crippen molar-refractivity contribution < 1.29 is 14.6 Å². The first-order valence-electron chi connectivity index (χ1n) is 10.8. The first-order valence-corrected chi connectivity index (χ1v) is 10.8. The number of carboxylic acid groups (broad SMARTS) is 1. The lowest BCUT2D eigenvalue weighted by Gasteiger charge is -2.14. The van der Waals surface area contributed by atoms with Crippen LogP contribution in [-0.2, 0) is 4.79 Å². The van der Waals surface area contributed by atoms with E-state index in [1.54, 1.807) is 6.08 Å². The number of unbranched alkanes of at least 4 members (excludes halogenated alkanes) is 1. The van der Waals surface area contributed by atoms with Crippen molar-refractivity contribution in [3.05, 3.63) is 60.6 Å². The number of anilines is 2. The molecule has 4 rings (SSSR count). The van der Waals surface area contributed by atoms with Crippen molar-refractivity contribution in [1.82, 2.24) is 19.9 Å². The number of hydrogen-bond donors (Lipinski definition) is 3. The van der Waals surface area contributed by atoms with Crippen LogP contribution in [0.4, 0.5) is 11.5 Å². The number of nitrogens with zero attached hydrogens (tertiary/aromatic N) is 3. The first kappa shape index (κ1) is 22.3. The average molecular weight is 446 g/mol. The standard InChI is InChI=1S/C25H27N5O3/c1-30(2)11-3-4-12-33-23-15-22-20(14-18(23)5-8-24(31)32)25(28-16-27-22)29-19-6-7-21-17(13-19)9-10-26-21/h5-10,13-16,26H,3-4,11-12H2,1-2H3,(H,31,32)(H,27,28,29). The van der Waals surface area contributed by atoms with Crippen LogP contribution in [0.25, 0.3) is 27.9 Å². The summed E-state index contributed by atoms with van der Waals surface area (Å²) in [6.45, 7) is 1.53. The van der Waals surface area contributed by atoms with Crippen LogP contribution in [0.15, 0.2) is 55.0 Å². The molecule has 0 saturated heterocycles. The molecule has 3 N–H and O–H groups in total. The molecular weight excluding hydrogens is 418 g/mol. The van der Waals surface area contributed by atoms with Crippen LogP contribution in [-0.4, -0.2) is 58.2 Å². The fourth-order valence-electron chi connectivity index (χ4n) is 3.60. The molecule has 0 atom stereocenters. The molecule has 170 valence electrons. The second-order valence-electron chi connectivity index (χ2n) is 8.06. The number of aromatic nitrogens is 3. The number of carbonyl (C=O) groups is 1. The number of benzene rings is 2. The SMILES string of the molecule is CN(C)CCCCOc1cc2ncnc(Nc3ccc4[nH]ccc4c3)c2cc1C=CC(=O)O. The van der Waals surface area contributed by atoms with Gasteiger partial charge in [0.1, 0.15) is 17.9 Å². The monoisotopic (exact) mass is 445 g/mol. The van der Waals surface area contributed by atoms with Crippen molar-refractivity contribution in [3.63, 3.8) is 0 Å². The maximum atomic E-state index is 11.1. The third-order valence-electron chi connectivity index (χ3n) is 5.25. The first-order chi connectivity index (χ1) is 16.0.